The van der Waals surface area contributed by atoms with Gasteiger partial charge in [-0.05, 0) is 23.8 Å². The van der Waals surface area contributed by atoms with Crippen LogP contribution in [0, 0.1) is 4.77 Å². The number of ether oxygens (including phenoxy) is 2. The van der Waals surface area contributed by atoms with Crippen molar-refractivity contribution < 1.29 is 9.47 Å². The zero-order valence-electron chi connectivity index (χ0n) is 13.7. The molecule has 1 heterocycles. The second kappa shape index (κ2) is 7.58. The Morgan fingerprint density at radius 2 is 1.84 bits per heavy atom. The molecule has 0 radical (unpaired) electrons. The van der Waals surface area contributed by atoms with Gasteiger partial charge in [0.05, 0.1) is 20.8 Å². The number of H-pyrrole nitrogens is 1. The van der Waals surface area contributed by atoms with Crippen LogP contribution in [0.5, 0.6) is 11.5 Å². The molecule has 2 N–H and O–H groups in total. The number of hydrogen-bond donors (Lipinski definition) is 2. The van der Waals surface area contributed by atoms with Crippen molar-refractivity contribution in [3.8, 4) is 22.9 Å². The van der Waals surface area contributed by atoms with Crippen LogP contribution in [0.3, 0.4) is 0 Å². The van der Waals surface area contributed by atoms with Crippen LogP contribution in [0.2, 0.25) is 5.02 Å². The summed E-state index contributed by atoms with van der Waals surface area (Å²) >= 11 is 11.7. The van der Waals surface area contributed by atoms with Crippen LogP contribution < -0.4 is 14.9 Å². The van der Waals surface area contributed by atoms with E-state index in [1.54, 1.807) is 25.0 Å². The van der Waals surface area contributed by atoms with Crippen LogP contribution in [0.15, 0.2) is 42.5 Å². The van der Waals surface area contributed by atoms with E-state index in [9.17, 15) is 0 Å². The Labute approximate surface area is 155 Å². The molecule has 130 valence electrons. The second-order valence-corrected chi connectivity index (χ2v) is 5.98. The van der Waals surface area contributed by atoms with Crippen molar-refractivity contribution in [3.63, 3.8) is 0 Å². The number of nitrogens with zero attached hydrogens (tertiary/aromatic N) is 2. The predicted octanol–water partition coefficient (Wildman–Crippen LogP) is 4.02. The SMILES string of the molecule is COc1cc(Cl)c(CNn2c(-c3ccccc3)n[nH]c2=S)cc1OC. The zero-order chi connectivity index (χ0) is 17.8. The maximum atomic E-state index is 6.34. The smallest absolute Gasteiger partial charge is 0.214 e. The van der Waals surface area contributed by atoms with E-state index in [2.05, 4.69) is 15.6 Å². The van der Waals surface area contributed by atoms with Gasteiger partial charge in [-0.2, -0.15) is 5.10 Å². The van der Waals surface area contributed by atoms with Gasteiger partial charge in [0, 0.05) is 16.7 Å². The molecule has 0 aliphatic rings. The third-order valence-electron chi connectivity index (χ3n) is 3.68. The molecule has 0 saturated heterocycles. The Bertz CT molecular complexity index is 924. The number of nitrogens with one attached hydrogen (secondary N) is 2. The fraction of sp³-hybridized carbons (Fsp3) is 0.176. The Kier molecular flexibility index (Phi) is 5.25. The van der Waals surface area contributed by atoms with E-state index < -0.39 is 0 Å². The highest BCUT2D eigenvalue weighted by Gasteiger charge is 2.12. The molecule has 2 aromatic carbocycles. The third kappa shape index (κ3) is 3.62. The van der Waals surface area contributed by atoms with Crippen molar-refractivity contribution in [1.29, 1.82) is 0 Å². The third-order valence-corrected chi connectivity index (χ3v) is 4.31. The number of aromatic amines is 1. The first-order valence-corrected chi connectivity index (χ1v) is 8.29. The van der Waals surface area contributed by atoms with Crippen LogP contribution >= 0.6 is 23.8 Å². The van der Waals surface area contributed by atoms with E-state index in [1.165, 1.54) is 0 Å². The van der Waals surface area contributed by atoms with Crippen molar-refractivity contribution in [2.75, 3.05) is 19.6 Å². The highest BCUT2D eigenvalue weighted by molar-refractivity contribution is 7.71. The van der Waals surface area contributed by atoms with E-state index >= 15 is 0 Å². The molecule has 0 aliphatic heterocycles. The summed E-state index contributed by atoms with van der Waals surface area (Å²) in [5, 5.41) is 7.66. The molecule has 1 aromatic heterocycles. The number of benzene rings is 2. The molecular weight excluding hydrogens is 360 g/mol. The van der Waals surface area contributed by atoms with Crippen molar-refractivity contribution in [2.45, 2.75) is 6.54 Å². The lowest BCUT2D eigenvalue weighted by Gasteiger charge is -2.14. The molecule has 25 heavy (non-hydrogen) atoms. The fourth-order valence-electron chi connectivity index (χ4n) is 2.42. The first-order valence-electron chi connectivity index (χ1n) is 7.51. The van der Waals surface area contributed by atoms with Gasteiger partial charge in [0.2, 0.25) is 4.77 Å². The summed E-state index contributed by atoms with van der Waals surface area (Å²) in [4.78, 5) is 0. The summed E-state index contributed by atoms with van der Waals surface area (Å²) in [6.45, 7) is 0.437. The lowest BCUT2D eigenvalue weighted by Crippen LogP contribution is -2.16. The monoisotopic (exact) mass is 376 g/mol. The number of rotatable bonds is 6. The highest BCUT2D eigenvalue weighted by Crippen LogP contribution is 2.33. The van der Waals surface area contributed by atoms with E-state index in [-0.39, 0.29) is 0 Å². The standard InChI is InChI=1S/C17H17ClN4O2S/c1-23-14-8-12(13(18)9-15(14)24-2)10-19-22-16(20-21-17(22)25)11-6-4-3-5-7-11/h3-9,19H,10H2,1-2H3,(H,21,25). The Morgan fingerprint density at radius 3 is 2.52 bits per heavy atom. The lowest BCUT2D eigenvalue weighted by atomic mass is 10.2. The van der Waals surface area contributed by atoms with Gasteiger partial charge in [0.15, 0.2) is 17.3 Å². The summed E-state index contributed by atoms with van der Waals surface area (Å²) in [6, 6.07) is 13.3. The molecule has 0 aliphatic carbocycles. The Balaban J connectivity index is 1.88. The van der Waals surface area contributed by atoms with Crippen LogP contribution in [-0.2, 0) is 6.54 Å². The average Bonchev–Trinajstić information content (AvgIpc) is 3.01. The fourth-order valence-corrected chi connectivity index (χ4v) is 2.84. The van der Waals surface area contributed by atoms with Crippen LogP contribution in [0.25, 0.3) is 11.4 Å². The normalized spacial score (nSPS) is 10.5. The molecule has 3 aromatic rings. The maximum absolute atomic E-state index is 6.34. The van der Waals surface area contributed by atoms with Gasteiger partial charge >= 0.3 is 0 Å². The maximum Gasteiger partial charge on any atom is 0.214 e. The molecule has 0 amide bonds. The number of halogens is 1. The van der Waals surface area contributed by atoms with Gasteiger partial charge in [0.25, 0.3) is 0 Å². The lowest BCUT2D eigenvalue weighted by molar-refractivity contribution is 0.354. The van der Waals surface area contributed by atoms with Crippen molar-refractivity contribution in [1.82, 2.24) is 14.9 Å². The van der Waals surface area contributed by atoms with Gasteiger partial charge in [-0.25, -0.2) is 9.77 Å². The van der Waals surface area contributed by atoms with Crippen molar-refractivity contribution in [2.24, 2.45) is 0 Å². The topological polar surface area (TPSA) is 64.1 Å². The Hall–Kier alpha value is -2.51. The molecule has 0 unspecified atom stereocenters. The van der Waals surface area contributed by atoms with E-state index in [4.69, 9.17) is 33.3 Å². The first-order chi connectivity index (χ1) is 12.1. The molecule has 3 rings (SSSR count). The quantitative estimate of drug-likeness (QED) is 0.636. The molecule has 0 bridgehead atoms. The molecule has 8 heteroatoms. The molecule has 0 atom stereocenters. The van der Waals surface area contributed by atoms with Crippen molar-refractivity contribution >= 4 is 23.8 Å². The van der Waals surface area contributed by atoms with Gasteiger partial charge in [-0.1, -0.05) is 41.9 Å². The summed E-state index contributed by atoms with van der Waals surface area (Å²) < 4.78 is 12.8. The highest BCUT2D eigenvalue weighted by atomic mass is 35.5. The molecular formula is C17H17ClN4O2S. The predicted molar refractivity (Wildman–Crippen MR) is 100 cm³/mol. The minimum Gasteiger partial charge on any atom is -0.493 e. The van der Waals surface area contributed by atoms with Gasteiger partial charge < -0.3 is 14.9 Å². The van der Waals surface area contributed by atoms with E-state index in [0.29, 0.717) is 33.7 Å². The average molecular weight is 377 g/mol. The van der Waals surface area contributed by atoms with Gasteiger partial charge in [0.1, 0.15) is 0 Å². The van der Waals surface area contributed by atoms with Crippen LogP contribution in [0.4, 0.5) is 0 Å². The molecule has 0 saturated carbocycles. The van der Waals surface area contributed by atoms with Crippen LogP contribution in [0.1, 0.15) is 5.56 Å². The first kappa shape index (κ1) is 17.3. The van der Waals surface area contributed by atoms with Gasteiger partial charge in [-0.3, -0.25) is 0 Å². The summed E-state index contributed by atoms with van der Waals surface area (Å²) in [5.41, 5.74) is 5.04. The molecule has 0 fully saturated rings. The van der Waals surface area contributed by atoms with Crippen LogP contribution in [-0.4, -0.2) is 29.1 Å². The largest absolute Gasteiger partial charge is 0.493 e. The van der Waals surface area contributed by atoms with E-state index in [0.717, 1.165) is 11.1 Å². The minimum atomic E-state index is 0.437. The van der Waals surface area contributed by atoms with E-state index in [1.807, 2.05) is 36.4 Å². The summed E-state index contributed by atoms with van der Waals surface area (Å²) in [7, 11) is 3.16. The number of methoxy groups -OCH3 is 2. The molecule has 0 spiro atoms. The number of hydrogen-bond acceptors (Lipinski definition) is 5. The van der Waals surface area contributed by atoms with Gasteiger partial charge in [-0.15, -0.1) is 0 Å². The zero-order valence-corrected chi connectivity index (χ0v) is 15.3. The minimum absolute atomic E-state index is 0.437. The summed E-state index contributed by atoms with van der Waals surface area (Å²) in [5.74, 6) is 1.89. The van der Waals surface area contributed by atoms with Crippen molar-refractivity contribution in [3.05, 3.63) is 57.8 Å². The number of aromatic nitrogens is 3. The molecule has 6 nitrogen and oxygen atoms in total. The Morgan fingerprint density at radius 1 is 1.16 bits per heavy atom. The summed E-state index contributed by atoms with van der Waals surface area (Å²) in [6.07, 6.45) is 0. The second-order valence-electron chi connectivity index (χ2n) is 5.19.